The van der Waals surface area contributed by atoms with Gasteiger partial charge in [0.25, 0.3) is 0 Å². The maximum atomic E-state index is 4.74. The van der Waals surface area contributed by atoms with Crippen LogP contribution < -0.4 is 0 Å². The van der Waals surface area contributed by atoms with E-state index in [-0.39, 0.29) is 20.1 Å². The Labute approximate surface area is 136 Å². The standard InChI is InChI=1S/C18H22N.Ir/c1-15(2)8-6-11-17-12-7-13-18(19-17)14-16-9-4-3-5-10-16;/h3-5,7,9,12-13,15H,6,8,11,14H2,1-2H3;/q-1;. The minimum Gasteiger partial charge on any atom is -0.258 e. The summed E-state index contributed by atoms with van der Waals surface area (Å²) in [4.78, 5) is 4.74. The smallest absolute Gasteiger partial charge is 0.0429 e. The number of nitrogens with zero attached hydrogens (tertiary/aromatic N) is 1. The Balaban J connectivity index is 0.00000200. The third-order valence-corrected chi connectivity index (χ3v) is 3.22. The zero-order valence-electron chi connectivity index (χ0n) is 12.2. The molecule has 109 valence electrons. The molecule has 1 aromatic heterocycles. The van der Waals surface area contributed by atoms with E-state index in [9.17, 15) is 0 Å². The molecular weight excluding hydrogens is 422 g/mol. The molecule has 1 aromatic carbocycles. The zero-order chi connectivity index (χ0) is 13.5. The van der Waals surface area contributed by atoms with Gasteiger partial charge in [-0.3, -0.25) is 4.98 Å². The van der Waals surface area contributed by atoms with Gasteiger partial charge in [0.2, 0.25) is 0 Å². The van der Waals surface area contributed by atoms with E-state index < -0.39 is 0 Å². The monoisotopic (exact) mass is 445 g/mol. The van der Waals surface area contributed by atoms with Crippen LogP contribution in [0.15, 0.2) is 42.5 Å². The molecule has 2 rings (SSSR count). The fourth-order valence-corrected chi connectivity index (χ4v) is 2.19. The molecule has 0 saturated heterocycles. The molecule has 2 aromatic rings. The molecule has 2 heteroatoms. The van der Waals surface area contributed by atoms with Crippen LogP contribution in [0.5, 0.6) is 0 Å². The maximum absolute atomic E-state index is 4.74. The van der Waals surface area contributed by atoms with Crippen LogP contribution in [0.1, 0.15) is 43.6 Å². The minimum absolute atomic E-state index is 0. The normalized spacial score (nSPS) is 10.3. The molecule has 0 saturated carbocycles. The first-order chi connectivity index (χ1) is 9.24. The minimum atomic E-state index is 0. The SMILES string of the molecule is CC(C)CCCc1cccc(Cc2[c-]cccc2)n1.[Ir]. The van der Waals surface area contributed by atoms with Crippen LogP contribution in [0.25, 0.3) is 0 Å². The van der Waals surface area contributed by atoms with Crippen LogP contribution in [0, 0.1) is 12.0 Å². The summed E-state index contributed by atoms with van der Waals surface area (Å²) in [6.45, 7) is 4.55. The number of hydrogen-bond donors (Lipinski definition) is 0. The summed E-state index contributed by atoms with van der Waals surface area (Å²) in [5, 5.41) is 0. The van der Waals surface area contributed by atoms with Gasteiger partial charge in [-0.25, -0.2) is 0 Å². The molecule has 0 N–H and O–H groups in total. The van der Waals surface area contributed by atoms with E-state index in [0.29, 0.717) is 0 Å². The molecule has 1 radical (unpaired) electrons. The quantitative estimate of drug-likeness (QED) is 0.600. The van der Waals surface area contributed by atoms with E-state index in [1.807, 2.05) is 12.1 Å². The third kappa shape index (κ3) is 5.98. The van der Waals surface area contributed by atoms with Gasteiger partial charge in [-0.05, 0) is 37.3 Å². The van der Waals surface area contributed by atoms with Crippen LogP contribution in [-0.4, -0.2) is 4.98 Å². The molecule has 0 unspecified atom stereocenters. The van der Waals surface area contributed by atoms with Crippen molar-refractivity contribution in [2.45, 2.75) is 39.5 Å². The second kappa shape index (κ2) is 9.05. The van der Waals surface area contributed by atoms with Crippen LogP contribution in [-0.2, 0) is 32.9 Å². The molecule has 0 bridgehead atoms. The zero-order valence-corrected chi connectivity index (χ0v) is 14.6. The number of rotatable bonds is 6. The van der Waals surface area contributed by atoms with E-state index in [2.05, 4.69) is 50.2 Å². The second-order valence-electron chi connectivity index (χ2n) is 5.47. The van der Waals surface area contributed by atoms with Crippen LogP contribution in [0.2, 0.25) is 0 Å². The van der Waals surface area contributed by atoms with Crippen LogP contribution in [0.3, 0.4) is 0 Å². The van der Waals surface area contributed by atoms with E-state index in [1.165, 1.54) is 24.1 Å². The first-order valence-corrected chi connectivity index (χ1v) is 7.14. The van der Waals surface area contributed by atoms with E-state index in [4.69, 9.17) is 4.98 Å². The molecule has 0 aliphatic carbocycles. The summed E-state index contributed by atoms with van der Waals surface area (Å²) in [5.74, 6) is 0.780. The van der Waals surface area contributed by atoms with E-state index in [0.717, 1.165) is 24.5 Å². The average Bonchev–Trinajstić information content (AvgIpc) is 2.40. The van der Waals surface area contributed by atoms with Crippen molar-refractivity contribution in [2.75, 3.05) is 0 Å². The molecule has 0 spiro atoms. The number of benzene rings is 1. The van der Waals surface area contributed by atoms with Crippen molar-refractivity contribution in [2.24, 2.45) is 5.92 Å². The Bertz CT molecular complexity index is 494. The Hall–Kier alpha value is -0.981. The van der Waals surface area contributed by atoms with Crippen molar-refractivity contribution in [3.63, 3.8) is 0 Å². The van der Waals surface area contributed by atoms with Gasteiger partial charge < -0.3 is 0 Å². The predicted molar refractivity (Wildman–Crippen MR) is 80.1 cm³/mol. The molecule has 0 aliphatic rings. The molecular formula is C18H22IrN-. The van der Waals surface area contributed by atoms with E-state index >= 15 is 0 Å². The molecule has 0 aliphatic heterocycles. The van der Waals surface area contributed by atoms with Crippen molar-refractivity contribution >= 4 is 0 Å². The Morgan fingerprint density at radius 1 is 1.05 bits per heavy atom. The number of aromatic nitrogens is 1. The summed E-state index contributed by atoms with van der Waals surface area (Å²) < 4.78 is 0. The van der Waals surface area contributed by atoms with Gasteiger partial charge in [0, 0.05) is 31.5 Å². The summed E-state index contributed by atoms with van der Waals surface area (Å²) in [7, 11) is 0. The van der Waals surface area contributed by atoms with Gasteiger partial charge in [0.05, 0.1) is 0 Å². The average molecular weight is 445 g/mol. The van der Waals surface area contributed by atoms with Gasteiger partial charge in [0.15, 0.2) is 0 Å². The third-order valence-electron chi connectivity index (χ3n) is 3.22. The largest absolute Gasteiger partial charge is 0.258 e. The van der Waals surface area contributed by atoms with Gasteiger partial charge in [-0.15, -0.1) is 0 Å². The predicted octanol–water partition coefficient (Wildman–Crippen LogP) is 4.45. The number of pyridine rings is 1. The number of aryl methyl sites for hydroxylation is 1. The van der Waals surface area contributed by atoms with Crippen molar-refractivity contribution in [1.29, 1.82) is 0 Å². The molecule has 0 atom stereocenters. The van der Waals surface area contributed by atoms with Crippen molar-refractivity contribution < 1.29 is 20.1 Å². The Kier molecular flexibility index (Phi) is 7.72. The first-order valence-electron chi connectivity index (χ1n) is 7.14. The summed E-state index contributed by atoms with van der Waals surface area (Å²) in [6.07, 6.45) is 4.47. The van der Waals surface area contributed by atoms with Gasteiger partial charge >= 0.3 is 0 Å². The second-order valence-corrected chi connectivity index (χ2v) is 5.47. The first kappa shape index (κ1) is 17.1. The fraction of sp³-hybridized carbons (Fsp3) is 0.389. The van der Waals surface area contributed by atoms with Crippen LogP contribution in [0.4, 0.5) is 0 Å². The topological polar surface area (TPSA) is 12.9 Å². The van der Waals surface area contributed by atoms with E-state index in [1.54, 1.807) is 0 Å². The van der Waals surface area contributed by atoms with Crippen molar-refractivity contribution in [3.05, 3.63) is 65.5 Å². The summed E-state index contributed by atoms with van der Waals surface area (Å²) in [6, 6.07) is 17.7. The fourth-order valence-electron chi connectivity index (χ4n) is 2.19. The Morgan fingerprint density at radius 2 is 1.85 bits per heavy atom. The summed E-state index contributed by atoms with van der Waals surface area (Å²) >= 11 is 0. The van der Waals surface area contributed by atoms with Gasteiger partial charge in [-0.1, -0.05) is 26.3 Å². The van der Waals surface area contributed by atoms with Crippen LogP contribution >= 0.6 is 0 Å². The van der Waals surface area contributed by atoms with Gasteiger partial charge in [-0.2, -0.15) is 35.9 Å². The maximum Gasteiger partial charge on any atom is 0.0429 e. The molecule has 0 fully saturated rings. The summed E-state index contributed by atoms with van der Waals surface area (Å²) in [5.41, 5.74) is 3.56. The molecule has 1 nitrogen and oxygen atoms in total. The molecule has 20 heavy (non-hydrogen) atoms. The van der Waals surface area contributed by atoms with Gasteiger partial charge in [0.1, 0.15) is 0 Å². The molecule has 0 amide bonds. The number of hydrogen-bond acceptors (Lipinski definition) is 1. The van der Waals surface area contributed by atoms with Crippen molar-refractivity contribution in [1.82, 2.24) is 4.98 Å². The Morgan fingerprint density at radius 3 is 2.55 bits per heavy atom. The van der Waals surface area contributed by atoms with Crippen molar-refractivity contribution in [3.8, 4) is 0 Å². The molecule has 1 heterocycles.